The molecule has 0 aliphatic heterocycles. The number of hydrogen-bond donors (Lipinski definition) is 0. The first-order valence-corrected chi connectivity index (χ1v) is 12.3. The normalized spacial score (nSPS) is 18.1. The lowest BCUT2D eigenvalue weighted by atomic mass is 9.76. The molecule has 0 saturated heterocycles. The van der Waals surface area contributed by atoms with Gasteiger partial charge in [-0.3, -0.25) is 0 Å². The van der Waals surface area contributed by atoms with Gasteiger partial charge in [0.1, 0.15) is 12.4 Å². The molecule has 0 spiro atoms. The minimum atomic E-state index is -3.34. The van der Waals surface area contributed by atoms with E-state index in [1.165, 1.54) is 24.3 Å². The Bertz CT molecular complexity index is 1320. The fourth-order valence-electron chi connectivity index (χ4n) is 4.91. The number of benzene rings is 3. The van der Waals surface area contributed by atoms with Gasteiger partial charge in [-0.1, -0.05) is 49.1 Å². The van der Waals surface area contributed by atoms with Crippen molar-refractivity contribution >= 4 is 5.83 Å². The van der Waals surface area contributed by atoms with Crippen molar-refractivity contribution < 1.29 is 40.2 Å². The molecule has 1 aliphatic rings. The van der Waals surface area contributed by atoms with E-state index in [1.807, 2.05) is 0 Å². The van der Waals surface area contributed by atoms with Gasteiger partial charge >= 0.3 is 12.6 Å². The highest BCUT2D eigenvalue weighted by molar-refractivity contribution is 5.68. The van der Waals surface area contributed by atoms with E-state index in [2.05, 4.69) is 16.1 Å². The lowest BCUT2D eigenvalue weighted by molar-refractivity contribution is -0.0546. The minimum Gasteiger partial charge on any atom is -0.464 e. The molecule has 0 bridgehead atoms. The number of hydrogen-bond acceptors (Lipinski definition) is 2. The Morgan fingerprint density at radius 3 is 1.97 bits per heavy atom. The molecule has 206 valence electrons. The van der Waals surface area contributed by atoms with Crippen LogP contribution in [0.4, 0.5) is 30.7 Å². The Morgan fingerprint density at radius 1 is 0.821 bits per heavy atom. The van der Waals surface area contributed by atoms with Crippen LogP contribution in [0.1, 0.15) is 54.2 Å². The maximum absolute atomic E-state index is 15.1. The molecule has 0 aromatic heterocycles. The van der Waals surface area contributed by atoms with Gasteiger partial charge in [-0.25, -0.2) is 13.2 Å². The van der Waals surface area contributed by atoms with Gasteiger partial charge in [0.15, 0.2) is 17.4 Å². The Kier molecular flexibility index (Phi) is 8.99. The van der Waals surface area contributed by atoms with Crippen molar-refractivity contribution in [2.75, 3.05) is 6.61 Å². The molecule has 0 heterocycles. The third-order valence-corrected chi connectivity index (χ3v) is 6.84. The highest BCUT2D eigenvalue weighted by atomic mass is 19.3. The van der Waals surface area contributed by atoms with Crippen molar-refractivity contribution in [3.63, 3.8) is 0 Å². The average molecular weight is 551 g/mol. The van der Waals surface area contributed by atoms with Crippen molar-refractivity contribution in [3.8, 4) is 16.9 Å². The monoisotopic (exact) mass is 550 g/mol. The number of alkyl halides is 2. The van der Waals surface area contributed by atoms with Crippen molar-refractivity contribution in [2.24, 2.45) is 0 Å². The summed E-state index contributed by atoms with van der Waals surface area (Å²) in [5, 5.41) is 0. The average Bonchev–Trinajstić information content (AvgIpc) is 2.93. The molecule has 39 heavy (non-hydrogen) atoms. The van der Waals surface area contributed by atoms with Crippen LogP contribution >= 0.6 is 0 Å². The van der Waals surface area contributed by atoms with Gasteiger partial charge in [0.2, 0.25) is 5.83 Å². The summed E-state index contributed by atoms with van der Waals surface area (Å²) in [4.78, 5) is 0. The van der Waals surface area contributed by atoms with Gasteiger partial charge in [0, 0.05) is 5.56 Å². The molecule has 0 atom stereocenters. The molecule has 0 unspecified atom stereocenters. The largest absolute Gasteiger partial charge is 0.464 e. The predicted molar refractivity (Wildman–Crippen MR) is 134 cm³/mol. The fraction of sp³-hybridized carbons (Fsp3) is 0.267. The zero-order chi connectivity index (χ0) is 28.1. The van der Waals surface area contributed by atoms with E-state index >= 15 is 4.39 Å². The molecule has 9 heteroatoms. The maximum Gasteiger partial charge on any atom is 0.387 e. The molecule has 2 nitrogen and oxygen atoms in total. The smallest absolute Gasteiger partial charge is 0.387 e. The van der Waals surface area contributed by atoms with Crippen molar-refractivity contribution in [1.29, 1.82) is 0 Å². The molecule has 1 saturated carbocycles. The van der Waals surface area contributed by atoms with Gasteiger partial charge in [-0.2, -0.15) is 17.6 Å². The molecule has 0 N–H and O–H groups in total. The van der Waals surface area contributed by atoms with Gasteiger partial charge in [0.25, 0.3) is 0 Å². The second-order valence-corrected chi connectivity index (χ2v) is 9.24. The third kappa shape index (κ3) is 6.64. The van der Waals surface area contributed by atoms with Gasteiger partial charge in [-0.15, -0.1) is 0 Å². The summed E-state index contributed by atoms with van der Waals surface area (Å²) in [5.74, 6) is -5.35. The van der Waals surface area contributed by atoms with Crippen molar-refractivity contribution in [3.05, 3.63) is 107 Å². The second-order valence-electron chi connectivity index (χ2n) is 9.24. The van der Waals surface area contributed by atoms with Gasteiger partial charge in [-0.05, 0) is 78.0 Å². The highest BCUT2D eigenvalue weighted by Crippen LogP contribution is 2.43. The van der Waals surface area contributed by atoms with Crippen molar-refractivity contribution in [1.82, 2.24) is 0 Å². The summed E-state index contributed by atoms with van der Waals surface area (Å²) in [5.41, 5.74) is 2.01. The molecule has 1 fully saturated rings. The van der Waals surface area contributed by atoms with Gasteiger partial charge < -0.3 is 9.47 Å². The molecule has 4 rings (SSSR count). The second kappa shape index (κ2) is 12.4. The lowest BCUT2D eigenvalue weighted by Gasteiger charge is -2.29. The SMILES string of the molecule is C=CCOC(F)=C(F)c1ccc(-c2ccc(C3CCC(c4cc(F)c(OC(F)F)c(F)c4)CC3)c(F)c2)cc1. The first kappa shape index (κ1) is 28.3. The summed E-state index contributed by atoms with van der Waals surface area (Å²) in [6, 6.07) is 11.3. The zero-order valence-corrected chi connectivity index (χ0v) is 20.7. The van der Waals surface area contributed by atoms with Crippen LogP contribution in [0.25, 0.3) is 17.0 Å². The summed E-state index contributed by atoms with van der Waals surface area (Å²) >= 11 is 0. The zero-order valence-electron chi connectivity index (χ0n) is 20.7. The minimum absolute atomic E-state index is 0.0230. The molecular formula is C30H25F7O2. The molecule has 1 aliphatic carbocycles. The van der Waals surface area contributed by atoms with Crippen LogP contribution in [0.15, 0.2) is 73.3 Å². The Labute approximate surface area is 221 Å². The van der Waals surface area contributed by atoms with Crippen LogP contribution in [0.2, 0.25) is 0 Å². The van der Waals surface area contributed by atoms with E-state index in [1.54, 1.807) is 24.3 Å². The van der Waals surface area contributed by atoms with Crippen LogP contribution in [0.3, 0.4) is 0 Å². The van der Waals surface area contributed by atoms with Crippen LogP contribution < -0.4 is 4.74 Å². The summed E-state index contributed by atoms with van der Waals surface area (Å²) < 4.78 is 105. The van der Waals surface area contributed by atoms with E-state index in [0.717, 1.165) is 12.1 Å². The number of rotatable bonds is 9. The van der Waals surface area contributed by atoms with Crippen molar-refractivity contribution in [2.45, 2.75) is 44.1 Å². The van der Waals surface area contributed by atoms with Gasteiger partial charge in [0.05, 0.1) is 0 Å². The van der Waals surface area contributed by atoms with Crippen LogP contribution in [-0.4, -0.2) is 13.2 Å². The first-order valence-electron chi connectivity index (χ1n) is 12.3. The molecule has 0 radical (unpaired) electrons. The van der Waals surface area contributed by atoms with E-state index in [9.17, 15) is 26.3 Å². The molecule has 0 amide bonds. The van der Waals surface area contributed by atoms with Crippen LogP contribution in [-0.2, 0) is 4.74 Å². The summed E-state index contributed by atoms with van der Waals surface area (Å²) in [6.07, 6.45) is 3.50. The standard InChI is InChI=1S/C30H25F7O2/c1-2-13-38-29(35)27(34)20-9-5-17(6-10-20)21-11-12-23(24(31)14-21)19-7-3-18(4-8-19)22-15-25(32)28(26(33)16-22)39-30(36)37/h2,5-6,9-12,14-16,18-19,30H,1,3-4,7-8,13H2. The highest BCUT2D eigenvalue weighted by Gasteiger charge is 2.27. The predicted octanol–water partition coefficient (Wildman–Crippen LogP) is 9.58. The van der Waals surface area contributed by atoms with Crippen LogP contribution in [0, 0.1) is 17.5 Å². The molecule has 3 aromatic rings. The summed E-state index contributed by atoms with van der Waals surface area (Å²) in [7, 11) is 0. The Morgan fingerprint density at radius 2 is 1.41 bits per heavy atom. The first-order chi connectivity index (χ1) is 18.7. The lowest BCUT2D eigenvalue weighted by Crippen LogP contribution is -2.14. The Hall–Kier alpha value is -3.75. The molecule has 3 aromatic carbocycles. The maximum atomic E-state index is 15.1. The van der Waals surface area contributed by atoms with E-state index < -0.39 is 41.7 Å². The van der Waals surface area contributed by atoms with Crippen LogP contribution in [0.5, 0.6) is 5.75 Å². The topological polar surface area (TPSA) is 18.5 Å². The van der Waals surface area contributed by atoms with E-state index in [-0.39, 0.29) is 24.0 Å². The van der Waals surface area contributed by atoms with E-state index in [4.69, 9.17) is 0 Å². The number of halogens is 7. The number of ether oxygens (including phenoxy) is 2. The van der Waals surface area contributed by atoms with E-state index in [0.29, 0.717) is 47.9 Å². The summed E-state index contributed by atoms with van der Waals surface area (Å²) in [6.45, 7) is -0.144. The Balaban J connectivity index is 1.42. The third-order valence-electron chi connectivity index (χ3n) is 6.84. The molecular weight excluding hydrogens is 525 g/mol. The quantitative estimate of drug-likeness (QED) is 0.150. The fourth-order valence-corrected chi connectivity index (χ4v) is 4.91.